The largest absolute Gasteiger partial charge is 0.377 e. The molecule has 1 unspecified atom stereocenters. The summed E-state index contributed by atoms with van der Waals surface area (Å²) in [4.78, 5) is 21.9. The molecule has 1 atom stereocenters. The third-order valence-corrected chi connectivity index (χ3v) is 8.27. The molecule has 0 aromatic carbocycles. The third kappa shape index (κ3) is 6.19. The van der Waals surface area contributed by atoms with Gasteiger partial charge in [0.05, 0.1) is 6.10 Å². The van der Waals surface area contributed by atoms with E-state index in [-0.39, 0.29) is 0 Å². The summed E-state index contributed by atoms with van der Waals surface area (Å²) >= 11 is 0. The number of nitrogens with zero attached hydrogens (tertiary/aromatic N) is 6. The molecule has 0 radical (unpaired) electrons. The lowest BCUT2D eigenvalue weighted by atomic mass is 9.86. The highest BCUT2D eigenvalue weighted by Gasteiger charge is 2.25. The first kappa shape index (κ1) is 23.8. The molecule has 188 valence electrons. The second kappa shape index (κ2) is 11.7. The molecule has 8 nitrogen and oxygen atoms in total. The van der Waals surface area contributed by atoms with Gasteiger partial charge in [0.1, 0.15) is 0 Å². The molecule has 4 fully saturated rings. The highest BCUT2D eigenvalue weighted by atomic mass is 16.5. The topological polar surface area (TPSA) is 65.0 Å². The molecular formula is C26H42N6O2. The van der Waals surface area contributed by atoms with E-state index in [4.69, 9.17) is 4.74 Å². The number of hydrogen-bond donors (Lipinski definition) is 0. The van der Waals surface area contributed by atoms with E-state index in [9.17, 15) is 4.79 Å². The summed E-state index contributed by atoms with van der Waals surface area (Å²) < 4.78 is 5.79. The number of hydrogen-bond acceptors (Lipinski definition) is 7. The van der Waals surface area contributed by atoms with Gasteiger partial charge < -0.3 is 19.4 Å². The van der Waals surface area contributed by atoms with Gasteiger partial charge in [0.2, 0.25) is 5.91 Å². The van der Waals surface area contributed by atoms with Crippen molar-refractivity contribution >= 4 is 17.5 Å². The van der Waals surface area contributed by atoms with Crippen LogP contribution in [-0.4, -0.2) is 97.5 Å². The van der Waals surface area contributed by atoms with Crippen molar-refractivity contribution in [3.05, 3.63) is 12.1 Å². The Hall–Kier alpha value is -1.93. The second-order valence-corrected chi connectivity index (χ2v) is 10.6. The van der Waals surface area contributed by atoms with E-state index in [0.717, 1.165) is 95.9 Å². The first-order valence-corrected chi connectivity index (χ1v) is 13.7. The Kier molecular flexibility index (Phi) is 8.17. The zero-order chi connectivity index (χ0) is 23.2. The highest BCUT2D eigenvalue weighted by Crippen LogP contribution is 2.27. The van der Waals surface area contributed by atoms with E-state index in [1.165, 1.54) is 44.9 Å². The van der Waals surface area contributed by atoms with Gasteiger partial charge in [0, 0.05) is 71.9 Å². The molecule has 0 spiro atoms. The normalized spacial score (nSPS) is 25.2. The first-order valence-electron chi connectivity index (χ1n) is 13.7. The van der Waals surface area contributed by atoms with Crippen LogP contribution in [0.3, 0.4) is 0 Å². The number of anilines is 2. The molecule has 4 heterocycles. The summed E-state index contributed by atoms with van der Waals surface area (Å²) in [6.45, 7) is 9.34. The smallest absolute Gasteiger partial charge is 0.222 e. The fourth-order valence-electron chi connectivity index (χ4n) is 6.04. The van der Waals surface area contributed by atoms with Gasteiger partial charge >= 0.3 is 0 Å². The van der Waals surface area contributed by atoms with Crippen LogP contribution in [0.15, 0.2) is 12.1 Å². The standard InChI is InChI=1S/C26H42N6O2/c33-26(11-8-22-5-2-1-3-6-22)32-18-16-31(17-19-32)25-10-9-24(27-28-25)30-14-12-29(13-15-30)21-23-7-4-20-34-23/h9-10,22-23H,1-8,11-21H2. The lowest BCUT2D eigenvalue weighted by Crippen LogP contribution is -2.49. The van der Waals surface area contributed by atoms with Crippen molar-refractivity contribution in [3.63, 3.8) is 0 Å². The average molecular weight is 471 g/mol. The van der Waals surface area contributed by atoms with E-state index in [2.05, 4.69) is 41.9 Å². The van der Waals surface area contributed by atoms with Crippen LogP contribution in [0.2, 0.25) is 0 Å². The first-order chi connectivity index (χ1) is 16.7. The molecule has 4 aliphatic rings. The molecule has 3 aliphatic heterocycles. The zero-order valence-electron chi connectivity index (χ0n) is 20.7. The number of piperazine rings is 2. The molecule has 0 bridgehead atoms. The molecule has 8 heteroatoms. The van der Waals surface area contributed by atoms with Gasteiger partial charge in [0.15, 0.2) is 11.6 Å². The van der Waals surface area contributed by atoms with Crippen molar-refractivity contribution in [2.45, 2.75) is 63.9 Å². The summed E-state index contributed by atoms with van der Waals surface area (Å²) in [7, 11) is 0. The lowest BCUT2D eigenvalue weighted by molar-refractivity contribution is -0.131. The van der Waals surface area contributed by atoms with Crippen molar-refractivity contribution in [1.29, 1.82) is 0 Å². The van der Waals surface area contributed by atoms with Crippen LogP contribution in [0.5, 0.6) is 0 Å². The van der Waals surface area contributed by atoms with E-state index in [1.54, 1.807) is 0 Å². The maximum Gasteiger partial charge on any atom is 0.222 e. The summed E-state index contributed by atoms with van der Waals surface area (Å²) in [5.74, 6) is 3.01. The second-order valence-electron chi connectivity index (χ2n) is 10.6. The minimum Gasteiger partial charge on any atom is -0.377 e. The van der Waals surface area contributed by atoms with Crippen molar-refractivity contribution in [3.8, 4) is 0 Å². The van der Waals surface area contributed by atoms with Crippen molar-refractivity contribution in [2.75, 3.05) is 75.3 Å². The van der Waals surface area contributed by atoms with Crippen LogP contribution >= 0.6 is 0 Å². The van der Waals surface area contributed by atoms with E-state index in [0.29, 0.717) is 12.0 Å². The maximum absolute atomic E-state index is 12.7. The fourth-order valence-corrected chi connectivity index (χ4v) is 6.04. The molecule has 5 rings (SSSR count). The predicted molar refractivity (Wildman–Crippen MR) is 134 cm³/mol. The monoisotopic (exact) mass is 470 g/mol. The maximum atomic E-state index is 12.7. The molecule has 34 heavy (non-hydrogen) atoms. The lowest BCUT2D eigenvalue weighted by Gasteiger charge is -2.37. The van der Waals surface area contributed by atoms with Crippen molar-refractivity contribution in [1.82, 2.24) is 20.0 Å². The molecule has 1 amide bonds. The van der Waals surface area contributed by atoms with E-state index >= 15 is 0 Å². The van der Waals surface area contributed by atoms with Crippen LogP contribution in [0.1, 0.15) is 57.8 Å². The molecule has 1 aromatic rings. The van der Waals surface area contributed by atoms with Gasteiger partial charge in [-0.15, -0.1) is 10.2 Å². The van der Waals surface area contributed by atoms with Crippen LogP contribution in [0.4, 0.5) is 11.6 Å². The Morgan fingerprint density at radius 2 is 1.47 bits per heavy atom. The minimum atomic E-state index is 0.338. The Balaban J connectivity index is 1.03. The zero-order valence-corrected chi connectivity index (χ0v) is 20.7. The summed E-state index contributed by atoms with van der Waals surface area (Å²) in [6, 6.07) is 4.21. The van der Waals surface area contributed by atoms with Gasteiger partial charge in [-0.3, -0.25) is 9.69 Å². The molecular weight excluding hydrogens is 428 g/mol. The van der Waals surface area contributed by atoms with Gasteiger partial charge in [-0.2, -0.15) is 0 Å². The van der Waals surface area contributed by atoms with Crippen LogP contribution in [0, 0.1) is 5.92 Å². The van der Waals surface area contributed by atoms with Gasteiger partial charge in [-0.25, -0.2) is 0 Å². The number of ether oxygens (including phenoxy) is 1. The number of rotatable bonds is 7. The molecule has 1 aliphatic carbocycles. The summed E-state index contributed by atoms with van der Waals surface area (Å²) in [6.07, 6.45) is 11.4. The van der Waals surface area contributed by atoms with Crippen LogP contribution < -0.4 is 9.80 Å². The van der Waals surface area contributed by atoms with E-state index < -0.39 is 0 Å². The van der Waals surface area contributed by atoms with Crippen molar-refractivity contribution in [2.24, 2.45) is 5.92 Å². The fraction of sp³-hybridized carbons (Fsp3) is 0.808. The van der Waals surface area contributed by atoms with Crippen LogP contribution in [-0.2, 0) is 9.53 Å². The predicted octanol–water partition coefficient (Wildman–Crippen LogP) is 2.79. The minimum absolute atomic E-state index is 0.338. The quantitative estimate of drug-likeness (QED) is 0.607. The van der Waals surface area contributed by atoms with E-state index in [1.807, 2.05) is 0 Å². The van der Waals surface area contributed by atoms with Crippen molar-refractivity contribution < 1.29 is 9.53 Å². The Bertz CT molecular complexity index is 762. The average Bonchev–Trinajstić information content (AvgIpc) is 3.42. The molecule has 0 N–H and O–H groups in total. The number of amides is 1. The Morgan fingerprint density at radius 3 is 2.06 bits per heavy atom. The third-order valence-electron chi connectivity index (χ3n) is 8.27. The Morgan fingerprint density at radius 1 is 0.824 bits per heavy atom. The van der Waals surface area contributed by atoms with Gasteiger partial charge in [-0.1, -0.05) is 32.1 Å². The number of carbonyl (C=O) groups is 1. The Labute approximate surface area is 204 Å². The van der Waals surface area contributed by atoms with Gasteiger partial charge in [0.25, 0.3) is 0 Å². The highest BCUT2D eigenvalue weighted by molar-refractivity contribution is 5.76. The molecule has 3 saturated heterocycles. The number of aromatic nitrogens is 2. The number of carbonyl (C=O) groups excluding carboxylic acids is 1. The van der Waals surface area contributed by atoms with Crippen LogP contribution in [0.25, 0.3) is 0 Å². The SMILES string of the molecule is O=C(CCC1CCCCC1)N1CCN(c2ccc(N3CCN(CC4CCCO4)CC3)nn2)CC1. The summed E-state index contributed by atoms with van der Waals surface area (Å²) in [5.41, 5.74) is 0. The summed E-state index contributed by atoms with van der Waals surface area (Å²) in [5, 5.41) is 9.10. The van der Waals surface area contributed by atoms with Gasteiger partial charge in [-0.05, 0) is 37.3 Å². The molecule has 1 saturated carbocycles. The molecule has 1 aromatic heterocycles.